The van der Waals surface area contributed by atoms with E-state index >= 15 is 0 Å². The Kier molecular flexibility index (Phi) is 5.15. The zero-order chi connectivity index (χ0) is 23.2. The number of carboxylic acid groups (broad SMARTS) is 1. The smallest absolute Gasteiger partial charge is 0.407 e. The van der Waals surface area contributed by atoms with Crippen molar-refractivity contribution >= 4 is 18.0 Å². The van der Waals surface area contributed by atoms with Crippen LogP contribution < -0.4 is 10.6 Å². The van der Waals surface area contributed by atoms with Crippen LogP contribution in [0.4, 0.5) is 4.79 Å². The van der Waals surface area contributed by atoms with E-state index in [1.165, 1.54) is 0 Å². The first-order valence-corrected chi connectivity index (χ1v) is 11.5. The van der Waals surface area contributed by atoms with Crippen LogP contribution in [-0.2, 0) is 14.3 Å². The highest BCUT2D eigenvalue weighted by molar-refractivity contribution is 5.87. The number of carbonyl (C=O) groups excluding carboxylic acids is 2. The first-order chi connectivity index (χ1) is 15.9. The molecule has 0 bridgehead atoms. The molecule has 2 fully saturated rings. The molecular formula is C26H28N2O5. The molecule has 0 aromatic heterocycles. The van der Waals surface area contributed by atoms with Crippen molar-refractivity contribution in [3.05, 3.63) is 59.7 Å². The lowest BCUT2D eigenvalue weighted by molar-refractivity contribution is -0.146. The van der Waals surface area contributed by atoms with Crippen molar-refractivity contribution in [1.29, 1.82) is 0 Å². The number of carbonyl (C=O) groups is 3. The Balaban J connectivity index is 1.15. The number of benzene rings is 2. The Morgan fingerprint density at radius 2 is 1.67 bits per heavy atom. The van der Waals surface area contributed by atoms with Gasteiger partial charge in [-0.05, 0) is 53.9 Å². The summed E-state index contributed by atoms with van der Waals surface area (Å²) in [4.78, 5) is 36.7. The van der Waals surface area contributed by atoms with Gasteiger partial charge in [0.2, 0.25) is 5.91 Å². The maximum Gasteiger partial charge on any atom is 0.407 e. The minimum Gasteiger partial charge on any atom is -0.481 e. The molecule has 2 aromatic rings. The van der Waals surface area contributed by atoms with E-state index in [9.17, 15) is 19.5 Å². The number of ether oxygens (including phenoxy) is 1. The maximum absolute atomic E-state index is 12.5. The minimum absolute atomic E-state index is 0.0590. The number of hydrogen-bond donors (Lipinski definition) is 3. The van der Waals surface area contributed by atoms with Crippen LogP contribution in [0.5, 0.6) is 0 Å². The summed E-state index contributed by atoms with van der Waals surface area (Å²) in [5.74, 6) is -1.32. The monoisotopic (exact) mass is 448 g/mol. The van der Waals surface area contributed by atoms with Crippen LogP contribution in [0.15, 0.2) is 48.5 Å². The third kappa shape index (κ3) is 3.46. The first-order valence-electron chi connectivity index (χ1n) is 11.5. The maximum atomic E-state index is 12.5. The number of fused-ring (bicyclic) bond motifs is 3. The summed E-state index contributed by atoms with van der Waals surface area (Å²) in [6, 6.07) is 15.3. The minimum atomic E-state index is -0.857. The van der Waals surface area contributed by atoms with Gasteiger partial charge in [-0.1, -0.05) is 55.0 Å². The van der Waals surface area contributed by atoms with Gasteiger partial charge in [-0.3, -0.25) is 9.59 Å². The van der Waals surface area contributed by atoms with E-state index in [-0.39, 0.29) is 24.5 Å². The highest BCUT2D eigenvalue weighted by atomic mass is 16.5. The Labute approximate surface area is 192 Å². The van der Waals surface area contributed by atoms with Crippen LogP contribution in [0.3, 0.4) is 0 Å². The van der Waals surface area contributed by atoms with Gasteiger partial charge in [-0.2, -0.15) is 0 Å². The molecule has 5 rings (SSSR count). The molecule has 0 heterocycles. The summed E-state index contributed by atoms with van der Waals surface area (Å²) >= 11 is 0. The van der Waals surface area contributed by atoms with Crippen molar-refractivity contribution in [1.82, 2.24) is 10.6 Å². The molecule has 2 atom stereocenters. The van der Waals surface area contributed by atoms with Gasteiger partial charge in [0.15, 0.2) is 0 Å². The molecule has 0 radical (unpaired) electrons. The van der Waals surface area contributed by atoms with Crippen LogP contribution in [0, 0.1) is 10.8 Å². The largest absolute Gasteiger partial charge is 0.481 e. The second kappa shape index (κ2) is 7.90. The summed E-state index contributed by atoms with van der Waals surface area (Å²) < 4.78 is 5.49. The van der Waals surface area contributed by atoms with Gasteiger partial charge in [0.05, 0.1) is 5.41 Å². The van der Waals surface area contributed by atoms with Crippen molar-refractivity contribution in [3.63, 3.8) is 0 Å². The molecule has 2 aromatic carbocycles. The number of amides is 2. The molecule has 7 nitrogen and oxygen atoms in total. The van der Waals surface area contributed by atoms with Gasteiger partial charge in [-0.25, -0.2) is 4.79 Å². The number of rotatable bonds is 7. The molecule has 2 amide bonds. The molecule has 0 aliphatic heterocycles. The number of alkyl carbamates (subject to hydrolysis) is 1. The fourth-order valence-electron chi connectivity index (χ4n) is 5.69. The quantitative estimate of drug-likeness (QED) is 0.599. The van der Waals surface area contributed by atoms with Crippen LogP contribution in [0.2, 0.25) is 0 Å². The summed E-state index contributed by atoms with van der Waals surface area (Å²) in [6.45, 7) is 1.83. The predicted molar refractivity (Wildman–Crippen MR) is 122 cm³/mol. The summed E-state index contributed by atoms with van der Waals surface area (Å²) in [5.41, 5.74) is 3.52. The zero-order valence-electron chi connectivity index (χ0n) is 18.6. The van der Waals surface area contributed by atoms with Crippen LogP contribution >= 0.6 is 0 Å². The lowest BCUT2D eigenvalue weighted by Crippen LogP contribution is -2.48. The van der Waals surface area contributed by atoms with E-state index in [4.69, 9.17) is 4.74 Å². The molecule has 7 heteroatoms. The van der Waals surface area contributed by atoms with Gasteiger partial charge in [0.1, 0.15) is 12.6 Å². The van der Waals surface area contributed by atoms with Gasteiger partial charge >= 0.3 is 12.1 Å². The van der Waals surface area contributed by atoms with Crippen molar-refractivity contribution in [2.24, 2.45) is 10.8 Å². The third-order valence-electron chi connectivity index (χ3n) is 7.89. The Bertz CT molecular complexity index is 1080. The number of aliphatic carboxylic acids is 1. The molecule has 172 valence electrons. The second-order valence-electron chi connectivity index (χ2n) is 9.61. The van der Waals surface area contributed by atoms with E-state index in [0.717, 1.165) is 41.5 Å². The van der Waals surface area contributed by atoms with E-state index < -0.39 is 29.4 Å². The Morgan fingerprint density at radius 3 is 2.18 bits per heavy atom. The van der Waals surface area contributed by atoms with E-state index in [2.05, 4.69) is 22.8 Å². The van der Waals surface area contributed by atoms with Gasteiger partial charge in [-0.15, -0.1) is 0 Å². The average molecular weight is 449 g/mol. The molecule has 2 saturated carbocycles. The number of carboxylic acids is 1. The number of nitrogens with one attached hydrogen (secondary N) is 2. The van der Waals surface area contributed by atoms with Crippen molar-refractivity contribution in [2.45, 2.75) is 44.6 Å². The molecule has 3 aliphatic rings. The summed E-state index contributed by atoms with van der Waals surface area (Å²) in [6.07, 6.45) is 2.80. The Hall–Kier alpha value is -3.35. The lowest BCUT2D eigenvalue weighted by Gasteiger charge is -2.31. The van der Waals surface area contributed by atoms with Crippen LogP contribution in [0.25, 0.3) is 11.1 Å². The fourth-order valence-corrected chi connectivity index (χ4v) is 5.69. The molecule has 3 aliphatic carbocycles. The average Bonchev–Trinajstić information content (AvgIpc) is 3.41. The Morgan fingerprint density at radius 1 is 1.06 bits per heavy atom. The van der Waals surface area contributed by atoms with Crippen molar-refractivity contribution in [2.75, 3.05) is 13.2 Å². The molecule has 2 unspecified atom stereocenters. The molecule has 0 saturated heterocycles. The van der Waals surface area contributed by atoms with Gasteiger partial charge < -0.3 is 20.5 Å². The number of hydrogen-bond acceptors (Lipinski definition) is 4. The molecular weight excluding hydrogens is 420 g/mol. The zero-order valence-corrected chi connectivity index (χ0v) is 18.6. The van der Waals surface area contributed by atoms with Crippen LogP contribution in [-0.4, -0.2) is 42.3 Å². The molecule has 1 spiro atoms. The molecule has 33 heavy (non-hydrogen) atoms. The topological polar surface area (TPSA) is 105 Å². The van der Waals surface area contributed by atoms with E-state index in [1.54, 1.807) is 6.92 Å². The predicted octanol–water partition coefficient (Wildman–Crippen LogP) is 3.67. The first kappa shape index (κ1) is 21.5. The van der Waals surface area contributed by atoms with Crippen molar-refractivity contribution in [3.8, 4) is 11.1 Å². The van der Waals surface area contributed by atoms with E-state index in [1.807, 2.05) is 36.4 Å². The standard InChI is InChI=1S/C26H28N2O5/c1-16(22(29)27-15-26(23(30)31)14-25(26)11-6-12-25)28-24(32)33-13-21-19-9-4-2-7-17(19)18-8-3-5-10-20(18)21/h2-5,7-10,16,21H,6,11-15H2,1H3,(H,27,29)(H,28,32)(H,30,31). The summed E-state index contributed by atoms with van der Waals surface area (Å²) in [7, 11) is 0. The highest BCUT2D eigenvalue weighted by Crippen LogP contribution is 2.73. The second-order valence-corrected chi connectivity index (χ2v) is 9.61. The summed E-state index contributed by atoms with van der Waals surface area (Å²) in [5, 5.41) is 15.0. The SMILES string of the molecule is CC(NC(=O)OCC1c2ccccc2-c2ccccc21)C(=O)NCC1(C(=O)O)CC12CCC2. The van der Waals surface area contributed by atoms with Gasteiger partial charge in [0.25, 0.3) is 0 Å². The van der Waals surface area contributed by atoms with Crippen molar-refractivity contribution < 1.29 is 24.2 Å². The van der Waals surface area contributed by atoms with Crippen LogP contribution in [0.1, 0.15) is 49.7 Å². The lowest BCUT2D eigenvalue weighted by atomic mass is 9.75. The fraction of sp³-hybridized carbons (Fsp3) is 0.423. The van der Waals surface area contributed by atoms with E-state index in [0.29, 0.717) is 6.42 Å². The normalized spacial score (nSPS) is 22.5. The van der Waals surface area contributed by atoms with Gasteiger partial charge in [0, 0.05) is 12.5 Å². The third-order valence-corrected chi connectivity index (χ3v) is 7.89. The highest BCUT2D eigenvalue weighted by Gasteiger charge is 2.73. The molecule has 3 N–H and O–H groups in total.